The van der Waals surface area contributed by atoms with Gasteiger partial charge in [0.2, 0.25) is 0 Å². The van der Waals surface area contributed by atoms with Crippen LogP contribution in [0.25, 0.3) is 10.9 Å². The highest BCUT2D eigenvalue weighted by Gasteiger charge is 2.19. The molecule has 0 radical (unpaired) electrons. The molecule has 0 aliphatic heterocycles. The van der Waals surface area contributed by atoms with Crippen molar-refractivity contribution < 1.29 is 0 Å². The summed E-state index contributed by atoms with van der Waals surface area (Å²) in [4.78, 5) is 20.5. The van der Waals surface area contributed by atoms with Crippen LogP contribution in [0.5, 0.6) is 0 Å². The summed E-state index contributed by atoms with van der Waals surface area (Å²) in [6, 6.07) is 12.1. The van der Waals surface area contributed by atoms with Crippen molar-refractivity contribution in [3.63, 3.8) is 0 Å². The summed E-state index contributed by atoms with van der Waals surface area (Å²) >= 11 is 0. The van der Waals surface area contributed by atoms with Crippen molar-refractivity contribution in [2.75, 3.05) is 6.54 Å². The zero-order chi connectivity index (χ0) is 17.9. The van der Waals surface area contributed by atoms with Crippen molar-refractivity contribution in [3.05, 3.63) is 69.8 Å². The summed E-state index contributed by atoms with van der Waals surface area (Å²) in [7, 11) is 0. The van der Waals surface area contributed by atoms with Gasteiger partial charge in [-0.25, -0.2) is 0 Å². The SMILES string of the molecule is CCCn1c2c(ccc1=O)C(=NCCc1c[nH]c3ccccc13)CCC2. The second-order valence-electron chi connectivity index (χ2n) is 6.98. The van der Waals surface area contributed by atoms with Crippen LogP contribution in [0.4, 0.5) is 0 Å². The number of hydrogen-bond donors (Lipinski definition) is 1. The Morgan fingerprint density at radius 2 is 2.04 bits per heavy atom. The van der Waals surface area contributed by atoms with Gasteiger partial charge in [-0.1, -0.05) is 25.1 Å². The van der Waals surface area contributed by atoms with Crippen LogP contribution in [0.3, 0.4) is 0 Å². The smallest absolute Gasteiger partial charge is 0.250 e. The molecular formula is C22H25N3O. The third-order valence-corrected chi connectivity index (χ3v) is 5.24. The lowest BCUT2D eigenvalue weighted by Gasteiger charge is -2.22. The van der Waals surface area contributed by atoms with Crippen LogP contribution in [-0.2, 0) is 19.4 Å². The Bertz CT molecular complexity index is 1010. The van der Waals surface area contributed by atoms with E-state index in [0.717, 1.165) is 50.9 Å². The first kappa shape index (κ1) is 16.8. The van der Waals surface area contributed by atoms with Gasteiger partial charge in [-0.15, -0.1) is 0 Å². The third kappa shape index (κ3) is 3.12. The van der Waals surface area contributed by atoms with Gasteiger partial charge in [0.15, 0.2) is 0 Å². The molecule has 0 unspecified atom stereocenters. The number of aliphatic imine (C=N–C) groups is 1. The van der Waals surface area contributed by atoms with Crippen LogP contribution >= 0.6 is 0 Å². The summed E-state index contributed by atoms with van der Waals surface area (Å²) in [5.74, 6) is 0. The summed E-state index contributed by atoms with van der Waals surface area (Å²) in [6.45, 7) is 3.69. The average molecular weight is 347 g/mol. The molecule has 0 fully saturated rings. The molecule has 134 valence electrons. The number of fused-ring (bicyclic) bond motifs is 2. The molecule has 4 nitrogen and oxygen atoms in total. The minimum Gasteiger partial charge on any atom is -0.361 e. The molecular weight excluding hydrogens is 322 g/mol. The van der Waals surface area contributed by atoms with Gasteiger partial charge in [0, 0.05) is 53.2 Å². The van der Waals surface area contributed by atoms with E-state index in [1.54, 1.807) is 6.07 Å². The molecule has 0 saturated carbocycles. The molecule has 1 aromatic carbocycles. The standard InChI is InChI=1S/C22H25N3O/c1-2-14-25-21-9-5-8-20(18(21)10-11-22(25)26)23-13-12-16-15-24-19-7-4-3-6-17(16)19/h3-4,6-7,10-11,15,24H,2,5,8-9,12-14H2,1H3. The number of aromatic nitrogens is 2. The fraction of sp³-hybridized carbons (Fsp3) is 0.364. The lowest BCUT2D eigenvalue weighted by Crippen LogP contribution is -2.28. The minimum absolute atomic E-state index is 0.116. The number of para-hydroxylation sites is 1. The molecule has 0 atom stereocenters. The van der Waals surface area contributed by atoms with Gasteiger partial charge in [-0.05, 0) is 49.8 Å². The van der Waals surface area contributed by atoms with E-state index in [4.69, 9.17) is 4.99 Å². The molecule has 2 heterocycles. The highest BCUT2D eigenvalue weighted by Crippen LogP contribution is 2.22. The van der Waals surface area contributed by atoms with Crippen LogP contribution in [0, 0.1) is 0 Å². The molecule has 26 heavy (non-hydrogen) atoms. The highest BCUT2D eigenvalue weighted by atomic mass is 16.1. The van der Waals surface area contributed by atoms with E-state index >= 15 is 0 Å². The van der Waals surface area contributed by atoms with Gasteiger partial charge in [-0.3, -0.25) is 9.79 Å². The predicted octanol–water partition coefficient (Wildman–Crippen LogP) is 4.11. The average Bonchev–Trinajstić information content (AvgIpc) is 3.07. The molecule has 2 aromatic heterocycles. The molecule has 0 spiro atoms. The number of hydrogen-bond acceptors (Lipinski definition) is 2. The number of H-pyrrole nitrogens is 1. The van der Waals surface area contributed by atoms with E-state index in [1.807, 2.05) is 10.6 Å². The second kappa shape index (κ2) is 7.32. The molecule has 4 heteroatoms. The Morgan fingerprint density at radius 3 is 2.92 bits per heavy atom. The van der Waals surface area contributed by atoms with Crippen molar-refractivity contribution in [3.8, 4) is 0 Å². The van der Waals surface area contributed by atoms with Gasteiger partial charge in [0.1, 0.15) is 0 Å². The zero-order valence-electron chi connectivity index (χ0n) is 15.3. The Hall–Kier alpha value is -2.62. The van der Waals surface area contributed by atoms with Crippen molar-refractivity contribution in [2.45, 2.75) is 45.6 Å². The molecule has 1 aliphatic rings. The molecule has 3 aromatic rings. The van der Waals surface area contributed by atoms with Crippen LogP contribution in [0.15, 0.2) is 52.4 Å². The molecule has 1 N–H and O–H groups in total. The van der Waals surface area contributed by atoms with Crippen LogP contribution in [0.1, 0.15) is 43.0 Å². The number of pyridine rings is 1. The summed E-state index contributed by atoms with van der Waals surface area (Å²) in [5, 5.41) is 1.29. The van der Waals surface area contributed by atoms with E-state index < -0.39 is 0 Å². The number of rotatable bonds is 5. The van der Waals surface area contributed by atoms with Crippen LogP contribution < -0.4 is 5.56 Å². The lowest BCUT2D eigenvalue weighted by molar-refractivity contribution is 0.602. The van der Waals surface area contributed by atoms with Gasteiger partial charge in [0.05, 0.1) is 0 Å². The summed E-state index contributed by atoms with van der Waals surface area (Å²) in [5.41, 5.74) is 6.14. The quantitative estimate of drug-likeness (QED) is 0.742. The maximum atomic E-state index is 12.2. The number of nitrogens with one attached hydrogen (secondary N) is 1. The van der Waals surface area contributed by atoms with Gasteiger partial charge in [0.25, 0.3) is 5.56 Å². The van der Waals surface area contributed by atoms with Crippen LogP contribution in [-0.4, -0.2) is 21.8 Å². The highest BCUT2D eigenvalue weighted by molar-refractivity contribution is 6.02. The Labute approximate surface area is 153 Å². The first-order chi connectivity index (χ1) is 12.8. The second-order valence-corrected chi connectivity index (χ2v) is 6.98. The molecule has 1 aliphatic carbocycles. The predicted molar refractivity (Wildman–Crippen MR) is 107 cm³/mol. The third-order valence-electron chi connectivity index (χ3n) is 5.24. The van der Waals surface area contributed by atoms with E-state index in [2.05, 4.69) is 42.4 Å². The van der Waals surface area contributed by atoms with Gasteiger partial charge < -0.3 is 9.55 Å². The van der Waals surface area contributed by atoms with Gasteiger partial charge >= 0.3 is 0 Å². The van der Waals surface area contributed by atoms with E-state index in [9.17, 15) is 4.79 Å². The Morgan fingerprint density at radius 1 is 1.15 bits per heavy atom. The lowest BCUT2D eigenvalue weighted by atomic mass is 9.93. The first-order valence-electron chi connectivity index (χ1n) is 9.59. The molecule has 0 bridgehead atoms. The van der Waals surface area contributed by atoms with Crippen molar-refractivity contribution in [1.29, 1.82) is 0 Å². The zero-order valence-corrected chi connectivity index (χ0v) is 15.3. The van der Waals surface area contributed by atoms with Crippen molar-refractivity contribution in [2.24, 2.45) is 4.99 Å². The van der Waals surface area contributed by atoms with Gasteiger partial charge in [-0.2, -0.15) is 0 Å². The first-order valence-corrected chi connectivity index (χ1v) is 9.59. The van der Waals surface area contributed by atoms with Crippen molar-refractivity contribution in [1.82, 2.24) is 9.55 Å². The van der Waals surface area contributed by atoms with Crippen molar-refractivity contribution >= 4 is 16.6 Å². The Balaban J connectivity index is 1.58. The Kier molecular flexibility index (Phi) is 4.74. The summed E-state index contributed by atoms with van der Waals surface area (Å²) in [6.07, 6.45) is 7.06. The molecule has 4 rings (SSSR count). The minimum atomic E-state index is 0.116. The van der Waals surface area contributed by atoms with E-state index in [0.29, 0.717) is 0 Å². The number of aromatic amines is 1. The van der Waals surface area contributed by atoms with Crippen LogP contribution in [0.2, 0.25) is 0 Å². The largest absolute Gasteiger partial charge is 0.361 e. The number of nitrogens with zero attached hydrogens (tertiary/aromatic N) is 2. The van der Waals surface area contributed by atoms with E-state index in [1.165, 1.54) is 27.7 Å². The number of benzene rings is 1. The monoisotopic (exact) mass is 347 g/mol. The topological polar surface area (TPSA) is 50.1 Å². The fourth-order valence-corrected chi connectivity index (χ4v) is 3.99. The van der Waals surface area contributed by atoms with E-state index in [-0.39, 0.29) is 5.56 Å². The summed E-state index contributed by atoms with van der Waals surface area (Å²) < 4.78 is 1.95. The normalized spacial score (nSPS) is 15.5. The fourth-order valence-electron chi connectivity index (χ4n) is 3.99. The molecule has 0 saturated heterocycles. The maximum Gasteiger partial charge on any atom is 0.250 e. The maximum absolute atomic E-state index is 12.2. The molecule has 0 amide bonds.